The Kier molecular flexibility index (Phi) is 8.88. The Morgan fingerprint density at radius 3 is 2.41 bits per heavy atom. The lowest BCUT2D eigenvalue weighted by Crippen LogP contribution is -2.25. The van der Waals surface area contributed by atoms with Crippen LogP contribution in [0.4, 0.5) is 10.1 Å². The molecule has 190 valence electrons. The van der Waals surface area contributed by atoms with Crippen LogP contribution < -0.4 is 15.4 Å². The predicted molar refractivity (Wildman–Crippen MR) is 140 cm³/mol. The third kappa shape index (κ3) is 7.40. The van der Waals surface area contributed by atoms with E-state index < -0.39 is 0 Å². The maximum Gasteiger partial charge on any atom is 0.251 e. The second kappa shape index (κ2) is 12.7. The molecule has 0 aliphatic heterocycles. The van der Waals surface area contributed by atoms with E-state index in [2.05, 4.69) is 20.8 Å². The highest BCUT2D eigenvalue weighted by atomic mass is 32.2. The van der Waals surface area contributed by atoms with Crippen molar-refractivity contribution in [1.29, 1.82) is 0 Å². The predicted octanol–water partition coefficient (Wildman–Crippen LogP) is 4.33. The van der Waals surface area contributed by atoms with Gasteiger partial charge in [0.15, 0.2) is 11.0 Å². The number of amides is 2. The van der Waals surface area contributed by atoms with Gasteiger partial charge in [0, 0.05) is 17.8 Å². The molecule has 0 saturated carbocycles. The number of halogens is 1. The standard InChI is InChI=1S/C27H26FN5O3S/c1-36-23-13-7-20(8-14-23)26(35)29-17-24-31-32-27(33(24)16-15-19-5-3-2-4-6-19)37-18-25(34)30-22-11-9-21(28)10-12-22/h2-14H,15-18H2,1H3,(H,29,35)(H,30,34). The van der Waals surface area contributed by atoms with Crippen LogP contribution in [0, 0.1) is 5.82 Å². The van der Waals surface area contributed by atoms with E-state index in [9.17, 15) is 14.0 Å². The molecule has 0 radical (unpaired) electrons. The second-order valence-corrected chi connectivity index (χ2v) is 8.98. The number of hydrogen-bond donors (Lipinski definition) is 2. The van der Waals surface area contributed by atoms with E-state index >= 15 is 0 Å². The number of thioether (sulfide) groups is 1. The lowest BCUT2D eigenvalue weighted by Gasteiger charge is -2.11. The molecule has 2 N–H and O–H groups in total. The molecule has 0 fully saturated rings. The first-order valence-electron chi connectivity index (χ1n) is 11.6. The SMILES string of the molecule is COc1ccc(C(=O)NCc2nnc(SCC(=O)Nc3ccc(F)cc3)n2CCc2ccccc2)cc1. The molecule has 10 heteroatoms. The largest absolute Gasteiger partial charge is 0.497 e. The first kappa shape index (κ1) is 25.9. The number of nitrogens with one attached hydrogen (secondary N) is 2. The van der Waals surface area contributed by atoms with Crippen LogP contribution in [-0.2, 0) is 24.3 Å². The number of rotatable bonds is 11. The molecule has 1 heterocycles. The minimum absolute atomic E-state index is 0.0963. The molecular weight excluding hydrogens is 493 g/mol. The van der Waals surface area contributed by atoms with Crippen molar-refractivity contribution in [3.05, 3.63) is 102 Å². The van der Waals surface area contributed by atoms with Gasteiger partial charge in [-0.25, -0.2) is 4.39 Å². The highest BCUT2D eigenvalue weighted by Crippen LogP contribution is 2.19. The maximum atomic E-state index is 13.1. The molecule has 2 amide bonds. The number of ether oxygens (including phenoxy) is 1. The summed E-state index contributed by atoms with van der Waals surface area (Å²) >= 11 is 1.24. The van der Waals surface area contributed by atoms with E-state index in [-0.39, 0.29) is 29.9 Å². The Morgan fingerprint density at radius 2 is 1.70 bits per heavy atom. The van der Waals surface area contributed by atoms with Gasteiger partial charge >= 0.3 is 0 Å². The molecule has 0 bridgehead atoms. The van der Waals surface area contributed by atoms with E-state index in [1.54, 1.807) is 31.4 Å². The first-order valence-corrected chi connectivity index (χ1v) is 12.6. The number of nitrogens with zero attached hydrogens (tertiary/aromatic N) is 3. The van der Waals surface area contributed by atoms with Crippen LogP contribution in [0.2, 0.25) is 0 Å². The highest BCUT2D eigenvalue weighted by Gasteiger charge is 2.16. The van der Waals surface area contributed by atoms with E-state index in [4.69, 9.17) is 4.74 Å². The van der Waals surface area contributed by atoms with Crippen molar-refractivity contribution in [3.63, 3.8) is 0 Å². The molecule has 1 aromatic heterocycles. The van der Waals surface area contributed by atoms with Crippen LogP contribution in [0.15, 0.2) is 84.0 Å². The number of carbonyl (C=O) groups excluding carboxylic acids is 2. The zero-order chi connectivity index (χ0) is 26.0. The molecule has 0 aliphatic rings. The molecule has 37 heavy (non-hydrogen) atoms. The second-order valence-electron chi connectivity index (χ2n) is 8.04. The minimum Gasteiger partial charge on any atom is -0.497 e. The zero-order valence-corrected chi connectivity index (χ0v) is 21.0. The van der Waals surface area contributed by atoms with Gasteiger partial charge < -0.3 is 19.9 Å². The molecule has 4 aromatic rings. The van der Waals surface area contributed by atoms with Crippen LogP contribution in [0.5, 0.6) is 5.75 Å². The van der Waals surface area contributed by atoms with Gasteiger partial charge in [0.05, 0.1) is 19.4 Å². The maximum absolute atomic E-state index is 13.1. The Hall–Kier alpha value is -4.18. The third-order valence-corrected chi connectivity index (χ3v) is 6.45. The van der Waals surface area contributed by atoms with Gasteiger partial charge in [0.1, 0.15) is 11.6 Å². The van der Waals surface area contributed by atoms with Crippen LogP contribution in [0.25, 0.3) is 0 Å². The summed E-state index contributed by atoms with van der Waals surface area (Å²) in [5.74, 6) is 0.489. The topological polar surface area (TPSA) is 98.1 Å². The summed E-state index contributed by atoms with van der Waals surface area (Å²) in [7, 11) is 1.57. The fourth-order valence-corrected chi connectivity index (χ4v) is 4.31. The van der Waals surface area contributed by atoms with E-state index in [0.717, 1.165) is 12.0 Å². The third-order valence-electron chi connectivity index (χ3n) is 5.48. The lowest BCUT2D eigenvalue weighted by atomic mass is 10.1. The number of anilines is 1. The van der Waals surface area contributed by atoms with Crippen molar-refractivity contribution >= 4 is 29.3 Å². The van der Waals surface area contributed by atoms with Gasteiger partial charge in [-0.15, -0.1) is 10.2 Å². The smallest absolute Gasteiger partial charge is 0.251 e. The van der Waals surface area contributed by atoms with Crippen molar-refractivity contribution in [2.75, 3.05) is 18.2 Å². The van der Waals surface area contributed by atoms with Gasteiger partial charge in [0.25, 0.3) is 5.91 Å². The first-order chi connectivity index (χ1) is 18.0. The number of hydrogen-bond acceptors (Lipinski definition) is 6. The molecule has 0 unspecified atom stereocenters. The fourth-order valence-electron chi connectivity index (χ4n) is 3.53. The summed E-state index contributed by atoms with van der Waals surface area (Å²) in [6.45, 7) is 0.752. The van der Waals surface area contributed by atoms with Crippen molar-refractivity contribution in [1.82, 2.24) is 20.1 Å². The van der Waals surface area contributed by atoms with Crippen molar-refractivity contribution in [2.45, 2.75) is 24.7 Å². The summed E-state index contributed by atoms with van der Waals surface area (Å²) in [4.78, 5) is 25.1. The Balaban J connectivity index is 1.42. The van der Waals surface area contributed by atoms with Gasteiger partial charge in [-0.05, 0) is 60.5 Å². The number of aryl methyl sites for hydroxylation is 1. The molecule has 0 spiro atoms. The van der Waals surface area contributed by atoms with Gasteiger partial charge in [0.2, 0.25) is 5.91 Å². The van der Waals surface area contributed by atoms with Crippen LogP contribution in [0.1, 0.15) is 21.7 Å². The number of carbonyl (C=O) groups is 2. The van der Waals surface area contributed by atoms with E-state index in [1.807, 2.05) is 34.9 Å². The van der Waals surface area contributed by atoms with E-state index in [0.29, 0.717) is 34.5 Å². The van der Waals surface area contributed by atoms with E-state index in [1.165, 1.54) is 36.0 Å². The lowest BCUT2D eigenvalue weighted by molar-refractivity contribution is -0.113. The summed E-state index contributed by atoms with van der Waals surface area (Å²) in [6.07, 6.45) is 0.730. The van der Waals surface area contributed by atoms with Gasteiger partial charge in [-0.2, -0.15) is 0 Å². The van der Waals surface area contributed by atoms with Crippen LogP contribution >= 0.6 is 11.8 Å². The molecular formula is C27H26FN5O3S. The molecule has 8 nitrogen and oxygen atoms in total. The molecule has 3 aromatic carbocycles. The van der Waals surface area contributed by atoms with Crippen LogP contribution in [-0.4, -0.2) is 39.4 Å². The molecule has 4 rings (SSSR count). The molecule has 0 aliphatic carbocycles. The zero-order valence-electron chi connectivity index (χ0n) is 20.2. The highest BCUT2D eigenvalue weighted by molar-refractivity contribution is 7.99. The normalized spacial score (nSPS) is 10.6. The summed E-state index contributed by atoms with van der Waals surface area (Å²) in [5.41, 5.74) is 2.16. The van der Waals surface area contributed by atoms with Gasteiger partial charge in [-0.3, -0.25) is 9.59 Å². The van der Waals surface area contributed by atoms with Crippen molar-refractivity contribution in [2.24, 2.45) is 0 Å². The molecule has 0 atom stereocenters. The number of aromatic nitrogens is 3. The summed E-state index contributed by atoms with van der Waals surface area (Å²) in [5, 5.41) is 14.7. The fraction of sp³-hybridized carbons (Fsp3) is 0.185. The minimum atomic E-state index is -0.370. The van der Waals surface area contributed by atoms with Gasteiger partial charge in [-0.1, -0.05) is 42.1 Å². The Morgan fingerprint density at radius 1 is 0.973 bits per heavy atom. The summed E-state index contributed by atoms with van der Waals surface area (Å²) < 4.78 is 20.2. The van der Waals surface area contributed by atoms with Crippen molar-refractivity contribution in [3.8, 4) is 5.75 Å². The Bertz CT molecular complexity index is 1330. The monoisotopic (exact) mass is 519 g/mol. The number of methoxy groups -OCH3 is 1. The Labute approximate surface area is 218 Å². The number of benzene rings is 3. The quantitative estimate of drug-likeness (QED) is 0.286. The average Bonchev–Trinajstić information content (AvgIpc) is 3.32. The van der Waals surface area contributed by atoms with Crippen molar-refractivity contribution < 1.29 is 18.7 Å². The molecule has 0 saturated heterocycles. The average molecular weight is 520 g/mol. The summed E-state index contributed by atoms with van der Waals surface area (Å²) in [6, 6.07) is 22.4. The van der Waals surface area contributed by atoms with Crippen LogP contribution in [0.3, 0.4) is 0 Å².